The summed E-state index contributed by atoms with van der Waals surface area (Å²) < 4.78 is 60.7. The van der Waals surface area contributed by atoms with Crippen molar-refractivity contribution in [3.05, 3.63) is 104 Å². The zero-order valence-corrected chi connectivity index (χ0v) is 29.7. The molecule has 262 valence electrons. The largest absolute Gasteiger partial charge is 0.453 e. The van der Waals surface area contributed by atoms with Gasteiger partial charge in [-0.25, -0.2) is 4.79 Å². The second-order valence-corrected chi connectivity index (χ2v) is 14.5. The third-order valence-corrected chi connectivity index (χ3v) is 8.06. The van der Waals surface area contributed by atoms with Crippen LogP contribution in [0.3, 0.4) is 0 Å². The van der Waals surface area contributed by atoms with Crippen LogP contribution in [-0.4, -0.2) is 24.0 Å². The number of fused-ring (bicyclic) bond motifs is 1. The van der Waals surface area contributed by atoms with Gasteiger partial charge in [0.15, 0.2) is 0 Å². The number of alkyl halides is 3. The lowest BCUT2D eigenvalue weighted by Gasteiger charge is -2.27. The monoisotopic (exact) mass is 677 g/mol. The van der Waals surface area contributed by atoms with Crippen LogP contribution in [0.1, 0.15) is 82.0 Å². The van der Waals surface area contributed by atoms with E-state index in [9.17, 15) is 22.8 Å². The Morgan fingerprint density at radius 3 is 2.08 bits per heavy atom. The molecule has 0 bridgehead atoms. The van der Waals surface area contributed by atoms with Crippen LogP contribution in [0.2, 0.25) is 0 Å². The smallest absolute Gasteiger partial charge is 0.449 e. The number of aryl methyl sites for hydroxylation is 2. The lowest BCUT2D eigenvalue weighted by Crippen LogP contribution is -2.31. The van der Waals surface area contributed by atoms with E-state index in [1.165, 1.54) is 24.3 Å². The van der Waals surface area contributed by atoms with Gasteiger partial charge in [0.25, 0.3) is 5.76 Å². The van der Waals surface area contributed by atoms with E-state index in [1.807, 2.05) is 58.9 Å². The summed E-state index contributed by atoms with van der Waals surface area (Å²) in [6, 6.07) is 15.3. The Hall–Kier alpha value is -4.37. The Morgan fingerprint density at radius 1 is 0.898 bits per heavy atom. The molecule has 0 unspecified atom stereocenters. The summed E-state index contributed by atoms with van der Waals surface area (Å²) in [6.07, 6.45) is -2.19. The normalized spacial score (nSPS) is 12.6. The van der Waals surface area contributed by atoms with Crippen molar-refractivity contribution < 1.29 is 31.9 Å². The molecule has 0 amide bonds. The highest BCUT2D eigenvalue weighted by Crippen LogP contribution is 2.40. The molecule has 1 aromatic heterocycles. The van der Waals surface area contributed by atoms with Gasteiger partial charge in [0, 0.05) is 25.7 Å². The van der Waals surface area contributed by atoms with Crippen LogP contribution in [0.5, 0.6) is 17.2 Å². The molecule has 0 saturated carbocycles. The molecule has 4 rings (SSSR count). The molecule has 0 aliphatic heterocycles. The molecular formula is C40H46F3NO5. The summed E-state index contributed by atoms with van der Waals surface area (Å²) in [5.41, 5.74) is 2.47. The van der Waals surface area contributed by atoms with Gasteiger partial charge >= 0.3 is 12.1 Å². The number of carbonyl (C=O) groups excluding carboxylic acids is 1. The Kier molecular flexibility index (Phi) is 11.5. The Labute approximate surface area is 286 Å². The van der Waals surface area contributed by atoms with E-state index in [2.05, 4.69) is 25.7 Å². The first-order valence-electron chi connectivity index (χ1n) is 16.5. The number of halogens is 3. The number of rotatable bonds is 11. The maximum atomic E-state index is 14.6. The quantitative estimate of drug-likeness (QED) is 0.0894. The number of ether oxygens (including phenoxy) is 2. The molecule has 0 aliphatic carbocycles. The molecule has 6 nitrogen and oxygen atoms in total. The van der Waals surface area contributed by atoms with E-state index in [1.54, 1.807) is 25.1 Å². The highest BCUT2D eigenvalue weighted by Gasteiger charge is 2.41. The van der Waals surface area contributed by atoms with Crippen molar-refractivity contribution in [3.63, 3.8) is 0 Å². The predicted octanol–water partition coefficient (Wildman–Crippen LogP) is 10.3. The van der Waals surface area contributed by atoms with Crippen molar-refractivity contribution in [3.8, 4) is 17.2 Å². The Morgan fingerprint density at radius 2 is 1.53 bits per heavy atom. The number of esters is 1. The lowest BCUT2D eigenvalue weighted by molar-refractivity contribution is -0.154. The molecule has 3 aromatic carbocycles. The van der Waals surface area contributed by atoms with Crippen molar-refractivity contribution >= 4 is 23.0 Å². The summed E-state index contributed by atoms with van der Waals surface area (Å²) in [7, 11) is 0. The zero-order chi connectivity index (χ0) is 36.3. The summed E-state index contributed by atoms with van der Waals surface area (Å²) >= 11 is 0. The minimum atomic E-state index is -5.06. The average Bonchev–Trinajstić information content (AvgIpc) is 2.99. The molecule has 0 atom stereocenters. The lowest BCUT2D eigenvalue weighted by atomic mass is 9.87. The maximum Gasteiger partial charge on any atom is 0.453 e. The molecule has 0 aliphatic rings. The van der Waals surface area contributed by atoms with E-state index < -0.39 is 29.1 Å². The van der Waals surface area contributed by atoms with Crippen molar-refractivity contribution in [1.29, 1.82) is 0 Å². The fourth-order valence-electron chi connectivity index (χ4n) is 5.56. The standard InChI is InChI=1S/C40H46F3NO5/c1-24(2)21-44(22-25(3)4)23-32-33(48-34(45)19-13-28-11-14-29(15-12-28)39(7,8)9)18-17-31-35(46)37(38(40(41,42)43)49-36(31)32)47-30-16-10-26(5)27(6)20-30/h10-20,24-25H,21-23H2,1-9H3. The van der Waals surface area contributed by atoms with Gasteiger partial charge in [-0.3, -0.25) is 9.69 Å². The van der Waals surface area contributed by atoms with E-state index >= 15 is 0 Å². The molecule has 0 spiro atoms. The fourth-order valence-corrected chi connectivity index (χ4v) is 5.56. The van der Waals surface area contributed by atoms with Gasteiger partial charge in [-0.2, -0.15) is 13.2 Å². The SMILES string of the molecule is Cc1ccc(Oc2c(C(F)(F)F)oc3c(CN(CC(C)C)CC(C)C)c(OC(=O)C=Cc4ccc(C(C)(C)C)cc4)ccc3c2=O)cc1C. The molecule has 0 saturated heterocycles. The van der Waals surface area contributed by atoms with Crippen molar-refractivity contribution in [1.82, 2.24) is 4.90 Å². The van der Waals surface area contributed by atoms with Crippen molar-refractivity contribution in [2.75, 3.05) is 13.1 Å². The topological polar surface area (TPSA) is 69.0 Å². The number of hydrogen-bond donors (Lipinski definition) is 0. The van der Waals surface area contributed by atoms with Gasteiger partial charge in [0.05, 0.1) is 10.9 Å². The number of hydrogen-bond acceptors (Lipinski definition) is 6. The van der Waals surface area contributed by atoms with Gasteiger partial charge in [-0.15, -0.1) is 0 Å². The minimum absolute atomic E-state index is 0.00171. The van der Waals surface area contributed by atoms with Gasteiger partial charge in [0.2, 0.25) is 11.2 Å². The Bertz CT molecular complexity index is 1870. The van der Waals surface area contributed by atoms with Crippen LogP contribution in [0, 0.1) is 25.7 Å². The molecule has 9 heteroatoms. The van der Waals surface area contributed by atoms with E-state index in [0.717, 1.165) is 22.3 Å². The first kappa shape index (κ1) is 37.4. The third kappa shape index (κ3) is 9.63. The molecule has 0 fully saturated rings. The number of nitrogens with zero attached hydrogens (tertiary/aromatic N) is 1. The van der Waals surface area contributed by atoms with E-state index in [0.29, 0.717) is 13.1 Å². The fraction of sp³-hybridized carbons (Fsp3) is 0.400. The van der Waals surface area contributed by atoms with Gasteiger partial charge in [0.1, 0.15) is 17.1 Å². The summed E-state index contributed by atoms with van der Waals surface area (Å²) in [5.74, 6) is -2.72. The van der Waals surface area contributed by atoms with Crippen molar-refractivity contribution in [2.24, 2.45) is 11.8 Å². The summed E-state index contributed by atoms with van der Waals surface area (Å²) in [6.45, 7) is 19.4. The minimum Gasteiger partial charge on any atom is -0.449 e. The van der Waals surface area contributed by atoms with Crippen LogP contribution in [-0.2, 0) is 22.9 Å². The molecule has 1 heterocycles. The summed E-state index contributed by atoms with van der Waals surface area (Å²) in [4.78, 5) is 29.0. The third-order valence-electron chi connectivity index (χ3n) is 8.06. The van der Waals surface area contributed by atoms with Crippen LogP contribution in [0.15, 0.2) is 69.9 Å². The average molecular weight is 678 g/mol. The first-order chi connectivity index (χ1) is 22.8. The highest BCUT2D eigenvalue weighted by atomic mass is 19.4. The highest BCUT2D eigenvalue weighted by molar-refractivity contribution is 5.90. The van der Waals surface area contributed by atoms with Crippen LogP contribution in [0.25, 0.3) is 17.0 Å². The predicted molar refractivity (Wildman–Crippen MR) is 188 cm³/mol. The van der Waals surface area contributed by atoms with Crippen LogP contribution in [0.4, 0.5) is 13.2 Å². The summed E-state index contributed by atoms with van der Waals surface area (Å²) in [5, 5.41) is -0.120. The number of carbonyl (C=O) groups is 1. The molecule has 0 N–H and O–H groups in total. The molecule has 4 aromatic rings. The van der Waals surface area contributed by atoms with E-state index in [-0.39, 0.29) is 51.8 Å². The second-order valence-electron chi connectivity index (χ2n) is 14.5. The van der Waals surface area contributed by atoms with Crippen LogP contribution < -0.4 is 14.9 Å². The second kappa shape index (κ2) is 15.0. The van der Waals surface area contributed by atoms with Gasteiger partial charge in [-0.05, 0) is 83.7 Å². The van der Waals surface area contributed by atoms with Crippen molar-refractivity contribution in [2.45, 2.75) is 80.4 Å². The first-order valence-corrected chi connectivity index (χ1v) is 16.5. The van der Waals surface area contributed by atoms with Gasteiger partial charge in [-0.1, -0.05) is 78.8 Å². The van der Waals surface area contributed by atoms with Gasteiger partial charge < -0.3 is 13.9 Å². The molecule has 0 radical (unpaired) electrons. The number of benzene rings is 3. The zero-order valence-electron chi connectivity index (χ0n) is 29.7. The van der Waals surface area contributed by atoms with E-state index in [4.69, 9.17) is 13.9 Å². The van der Waals surface area contributed by atoms with Crippen LogP contribution >= 0.6 is 0 Å². The Balaban J connectivity index is 1.83. The maximum absolute atomic E-state index is 14.6. The molecular weight excluding hydrogens is 631 g/mol. The molecule has 49 heavy (non-hydrogen) atoms.